The molecule has 0 radical (unpaired) electrons. The smallest absolute Gasteiger partial charge is 0.254 e. The lowest BCUT2D eigenvalue weighted by Crippen LogP contribution is -2.69. The predicted molar refractivity (Wildman–Crippen MR) is 80.1 cm³/mol. The highest BCUT2D eigenvalue weighted by Gasteiger charge is 2.50. The largest absolute Gasteiger partial charge is 0.376 e. The number of hydrogen-bond donors (Lipinski definition) is 2. The summed E-state index contributed by atoms with van der Waals surface area (Å²) in [6.07, 6.45) is 4.03. The molecule has 2 fully saturated rings. The van der Waals surface area contributed by atoms with E-state index in [1.165, 1.54) is 4.90 Å². The summed E-state index contributed by atoms with van der Waals surface area (Å²) in [6.45, 7) is 0.815. The minimum Gasteiger partial charge on any atom is -0.376 e. The molecule has 21 heavy (non-hydrogen) atoms. The number of carbonyl (C=O) groups excluding carboxylic acids is 1. The van der Waals surface area contributed by atoms with Gasteiger partial charge in [-0.1, -0.05) is 0 Å². The van der Waals surface area contributed by atoms with E-state index in [4.69, 9.17) is 10.5 Å². The van der Waals surface area contributed by atoms with Crippen molar-refractivity contribution in [2.24, 2.45) is 11.7 Å². The van der Waals surface area contributed by atoms with Gasteiger partial charge < -0.3 is 20.7 Å². The first kappa shape index (κ1) is 14.3. The molecule has 0 bridgehead atoms. The number of hydrogen-bond acceptors (Lipinski definition) is 5. The third-order valence-electron chi connectivity index (χ3n) is 4.41. The van der Waals surface area contributed by atoms with Gasteiger partial charge in [0.1, 0.15) is 5.82 Å². The molecule has 6 heteroatoms. The first-order chi connectivity index (χ1) is 10.1. The highest BCUT2D eigenvalue weighted by atomic mass is 16.5. The number of carbonyl (C=O) groups is 1. The minimum absolute atomic E-state index is 0.0509. The fourth-order valence-corrected chi connectivity index (χ4v) is 3.16. The van der Waals surface area contributed by atoms with Crippen LogP contribution in [0.25, 0.3) is 0 Å². The lowest BCUT2D eigenvalue weighted by Gasteiger charge is -2.52. The standard InChI is InChI=1S/C15H22N4O2/c1-19(2)15(20)9-5-6-11(17-8-9)18-13-12(16)10-4-3-7-21-14(10)13/h5-6,8,10,12-14H,3-4,7,16H2,1-2H3,(H,17,18). The van der Waals surface area contributed by atoms with E-state index in [1.807, 2.05) is 6.07 Å². The summed E-state index contributed by atoms with van der Waals surface area (Å²) < 4.78 is 5.79. The van der Waals surface area contributed by atoms with Crippen LogP contribution < -0.4 is 11.1 Å². The number of rotatable bonds is 3. The van der Waals surface area contributed by atoms with Gasteiger partial charge in [0.05, 0.1) is 17.7 Å². The third-order valence-corrected chi connectivity index (χ3v) is 4.41. The zero-order valence-corrected chi connectivity index (χ0v) is 12.5. The average Bonchev–Trinajstić information content (AvgIpc) is 2.52. The lowest BCUT2D eigenvalue weighted by atomic mass is 9.68. The van der Waals surface area contributed by atoms with Gasteiger partial charge in [0.15, 0.2) is 0 Å². The van der Waals surface area contributed by atoms with Crippen LogP contribution in [0.2, 0.25) is 0 Å². The Labute approximate surface area is 124 Å². The van der Waals surface area contributed by atoms with Gasteiger partial charge in [-0.3, -0.25) is 4.79 Å². The molecule has 1 aromatic rings. The zero-order valence-electron chi connectivity index (χ0n) is 12.5. The molecule has 1 aliphatic heterocycles. The summed E-state index contributed by atoms with van der Waals surface area (Å²) in [5.74, 6) is 1.15. The summed E-state index contributed by atoms with van der Waals surface area (Å²) >= 11 is 0. The number of nitrogens with zero attached hydrogens (tertiary/aromatic N) is 2. The molecule has 4 atom stereocenters. The number of amides is 1. The molecule has 6 nitrogen and oxygen atoms in total. The third kappa shape index (κ3) is 2.61. The summed E-state index contributed by atoms with van der Waals surface area (Å²) in [5.41, 5.74) is 6.79. The number of fused-ring (bicyclic) bond motifs is 1. The highest BCUT2D eigenvalue weighted by Crippen LogP contribution is 2.38. The molecule has 0 aromatic carbocycles. The molecule has 3 N–H and O–H groups in total. The summed E-state index contributed by atoms with van der Waals surface area (Å²) in [7, 11) is 3.45. The van der Waals surface area contributed by atoms with E-state index in [1.54, 1.807) is 26.4 Å². The van der Waals surface area contributed by atoms with Crippen LogP contribution in [0.3, 0.4) is 0 Å². The molecule has 2 heterocycles. The normalized spacial score (nSPS) is 31.0. The van der Waals surface area contributed by atoms with Crippen LogP contribution in [0.15, 0.2) is 18.3 Å². The van der Waals surface area contributed by atoms with Crippen LogP contribution in [0.5, 0.6) is 0 Å². The van der Waals surface area contributed by atoms with Crippen molar-refractivity contribution in [2.45, 2.75) is 31.0 Å². The Hall–Kier alpha value is -1.66. The van der Waals surface area contributed by atoms with Gasteiger partial charge in [0, 0.05) is 38.9 Å². The van der Waals surface area contributed by atoms with Crippen LogP contribution in [0.1, 0.15) is 23.2 Å². The molecule has 1 saturated carbocycles. The van der Waals surface area contributed by atoms with Gasteiger partial charge in [-0.15, -0.1) is 0 Å². The first-order valence-electron chi connectivity index (χ1n) is 7.39. The van der Waals surface area contributed by atoms with Crippen LogP contribution in [-0.2, 0) is 4.74 Å². The van der Waals surface area contributed by atoms with Gasteiger partial charge in [0.25, 0.3) is 5.91 Å². The Morgan fingerprint density at radius 2 is 2.29 bits per heavy atom. The lowest BCUT2D eigenvalue weighted by molar-refractivity contribution is -0.104. The number of aromatic nitrogens is 1. The monoisotopic (exact) mass is 290 g/mol. The van der Waals surface area contributed by atoms with E-state index in [0.717, 1.165) is 25.3 Å². The maximum absolute atomic E-state index is 11.8. The molecule has 1 amide bonds. The minimum atomic E-state index is -0.0509. The van der Waals surface area contributed by atoms with Crippen LogP contribution in [-0.4, -0.2) is 54.7 Å². The second-order valence-electron chi connectivity index (χ2n) is 6.02. The van der Waals surface area contributed by atoms with Crippen molar-refractivity contribution in [3.05, 3.63) is 23.9 Å². The van der Waals surface area contributed by atoms with Crippen molar-refractivity contribution in [2.75, 3.05) is 26.0 Å². The Balaban J connectivity index is 1.64. The average molecular weight is 290 g/mol. The second-order valence-corrected chi connectivity index (χ2v) is 6.02. The van der Waals surface area contributed by atoms with Crippen molar-refractivity contribution in [1.82, 2.24) is 9.88 Å². The summed E-state index contributed by atoms with van der Waals surface area (Å²) in [5, 5.41) is 3.34. The highest BCUT2D eigenvalue weighted by molar-refractivity contribution is 5.93. The maximum Gasteiger partial charge on any atom is 0.254 e. The Morgan fingerprint density at radius 1 is 1.48 bits per heavy atom. The molecular weight excluding hydrogens is 268 g/mol. The zero-order chi connectivity index (χ0) is 15.0. The molecule has 1 aliphatic carbocycles. The number of ether oxygens (including phenoxy) is 1. The number of anilines is 1. The molecule has 2 aliphatic rings. The van der Waals surface area contributed by atoms with Crippen LogP contribution in [0, 0.1) is 5.92 Å². The van der Waals surface area contributed by atoms with Gasteiger partial charge in [-0.05, 0) is 25.0 Å². The fraction of sp³-hybridized carbons (Fsp3) is 0.600. The van der Waals surface area contributed by atoms with Crippen molar-refractivity contribution >= 4 is 11.7 Å². The molecule has 4 unspecified atom stereocenters. The van der Waals surface area contributed by atoms with E-state index >= 15 is 0 Å². The molecule has 114 valence electrons. The van der Waals surface area contributed by atoms with E-state index in [9.17, 15) is 4.79 Å². The van der Waals surface area contributed by atoms with Crippen LogP contribution in [0.4, 0.5) is 5.82 Å². The van der Waals surface area contributed by atoms with Crippen molar-refractivity contribution in [3.8, 4) is 0 Å². The number of nitrogens with two attached hydrogens (primary N) is 1. The maximum atomic E-state index is 11.8. The van der Waals surface area contributed by atoms with E-state index < -0.39 is 0 Å². The van der Waals surface area contributed by atoms with Gasteiger partial charge in [-0.2, -0.15) is 0 Å². The Bertz CT molecular complexity index is 517. The van der Waals surface area contributed by atoms with Gasteiger partial charge in [0.2, 0.25) is 0 Å². The Kier molecular flexibility index (Phi) is 3.82. The number of pyridine rings is 1. The summed E-state index contributed by atoms with van der Waals surface area (Å²) in [4.78, 5) is 17.7. The molecule has 3 rings (SSSR count). The Morgan fingerprint density at radius 3 is 2.95 bits per heavy atom. The first-order valence-corrected chi connectivity index (χ1v) is 7.39. The SMILES string of the molecule is CN(C)C(=O)c1ccc(NC2C(N)C3CCCOC32)nc1. The van der Waals surface area contributed by atoms with Crippen molar-refractivity contribution in [1.29, 1.82) is 0 Å². The number of nitrogens with one attached hydrogen (secondary N) is 1. The molecular formula is C15H22N4O2. The predicted octanol–water partition coefficient (Wildman–Crippen LogP) is 0.700. The molecule has 1 saturated heterocycles. The molecule has 0 spiro atoms. The van der Waals surface area contributed by atoms with Crippen molar-refractivity contribution in [3.63, 3.8) is 0 Å². The molecule has 1 aromatic heterocycles. The summed E-state index contributed by atoms with van der Waals surface area (Å²) in [6, 6.07) is 3.82. The van der Waals surface area contributed by atoms with Crippen molar-refractivity contribution < 1.29 is 9.53 Å². The van der Waals surface area contributed by atoms with E-state index in [0.29, 0.717) is 11.5 Å². The van der Waals surface area contributed by atoms with Gasteiger partial charge >= 0.3 is 0 Å². The topological polar surface area (TPSA) is 80.5 Å². The van der Waals surface area contributed by atoms with E-state index in [-0.39, 0.29) is 24.1 Å². The fourth-order valence-electron chi connectivity index (χ4n) is 3.16. The van der Waals surface area contributed by atoms with Crippen LogP contribution >= 0.6 is 0 Å². The van der Waals surface area contributed by atoms with Gasteiger partial charge in [-0.25, -0.2) is 4.98 Å². The quantitative estimate of drug-likeness (QED) is 0.856. The van der Waals surface area contributed by atoms with E-state index in [2.05, 4.69) is 10.3 Å². The second kappa shape index (κ2) is 5.61.